The van der Waals surface area contributed by atoms with Crippen molar-refractivity contribution in [2.45, 2.75) is 19.9 Å². The maximum absolute atomic E-state index is 12.3. The van der Waals surface area contributed by atoms with Gasteiger partial charge in [-0.2, -0.15) is 0 Å². The molecule has 0 aromatic carbocycles. The normalized spacial score (nSPS) is 19.1. The topological polar surface area (TPSA) is 76.2 Å². The molecule has 1 saturated heterocycles. The predicted molar refractivity (Wildman–Crippen MR) is 79.4 cm³/mol. The molecule has 2 heterocycles. The summed E-state index contributed by atoms with van der Waals surface area (Å²) < 4.78 is 0.246. The quantitative estimate of drug-likeness (QED) is 0.663. The Balaban J connectivity index is 2.31. The van der Waals surface area contributed by atoms with Crippen LogP contribution in [0, 0.1) is 5.92 Å². The van der Waals surface area contributed by atoms with Gasteiger partial charge in [-0.3, -0.25) is 9.69 Å². The van der Waals surface area contributed by atoms with Gasteiger partial charge in [0.15, 0.2) is 0 Å². The third kappa shape index (κ3) is 2.78. The maximum atomic E-state index is 12.3. The van der Waals surface area contributed by atoms with E-state index >= 15 is 0 Å². The van der Waals surface area contributed by atoms with Crippen LogP contribution in [0.5, 0.6) is 0 Å². The summed E-state index contributed by atoms with van der Waals surface area (Å²) in [5.41, 5.74) is 0.764. The highest BCUT2D eigenvalue weighted by molar-refractivity contribution is 8.26. The number of nitrogens with one attached hydrogen (secondary N) is 1. The van der Waals surface area contributed by atoms with Crippen molar-refractivity contribution >= 4 is 46.3 Å². The van der Waals surface area contributed by atoms with Gasteiger partial charge in [-0.1, -0.05) is 37.8 Å². The average Bonchev–Trinajstić information content (AvgIpc) is 2.93. The molecule has 5 nitrogen and oxygen atoms in total. The molecule has 0 saturated carbocycles. The maximum Gasteiger partial charge on any atom is 0.266 e. The van der Waals surface area contributed by atoms with E-state index in [-0.39, 0.29) is 10.2 Å². The summed E-state index contributed by atoms with van der Waals surface area (Å²) >= 11 is 6.23. The number of hydrogen-bond acceptors (Lipinski definition) is 5. The molecule has 1 aromatic rings. The minimum atomic E-state index is -1.29. The second-order valence-corrected chi connectivity index (χ2v) is 6.36. The van der Waals surface area contributed by atoms with Crippen LogP contribution >= 0.6 is 24.0 Å². The lowest BCUT2D eigenvalue weighted by molar-refractivity contribution is -0.311. The van der Waals surface area contributed by atoms with Crippen molar-refractivity contribution in [2.24, 2.45) is 5.92 Å². The van der Waals surface area contributed by atoms with E-state index < -0.39 is 17.9 Å². The number of carboxylic acid groups (broad SMARTS) is 1. The van der Waals surface area contributed by atoms with Crippen LogP contribution < -0.4 is 5.11 Å². The van der Waals surface area contributed by atoms with Crippen LogP contribution in [0.3, 0.4) is 0 Å². The summed E-state index contributed by atoms with van der Waals surface area (Å²) in [7, 11) is 0. The van der Waals surface area contributed by atoms with Crippen molar-refractivity contribution in [3.63, 3.8) is 0 Å². The van der Waals surface area contributed by atoms with Crippen LogP contribution in [0.2, 0.25) is 0 Å². The third-order valence-corrected chi connectivity index (χ3v) is 4.21. The second kappa shape index (κ2) is 5.80. The number of carbonyl (C=O) groups is 2. The molecule has 0 aliphatic carbocycles. The largest absolute Gasteiger partial charge is 0.548 e. The van der Waals surface area contributed by atoms with E-state index in [2.05, 4.69) is 4.98 Å². The number of thiocarbonyl (C=S) groups is 1. The average molecular weight is 309 g/mol. The molecule has 2 rings (SSSR count). The van der Waals surface area contributed by atoms with Crippen molar-refractivity contribution in [2.75, 3.05) is 0 Å². The molecular formula is C13H13N2O3S2-. The van der Waals surface area contributed by atoms with Crippen LogP contribution in [0.25, 0.3) is 6.08 Å². The lowest BCUT2D eigenvalue weighted by Crippen LogP contribution is -2.52. The zero-order valence-corrected chi connectivity index (χ0v) is 12.6. The monoisotopic (exact) mass is 309 g/mol. The minimum absolute atomic E-state index is 0.246. The SMILES string of the molecule is CC(C)[C@@H](C(=O)[O-])N1C(=O)/C(=C/c2ccc[nH]2)SC1=S. The highest BCUT2D eigenvalue weighted by Gasteiger charge is 2.39. The number of thioether (sulfide) groups is 1. The van der Waals surface area contributed by atoms with Crippen molar-refractivity contribution in [3.8, 4) is 0 Å². The molecule has 1 N–H and O–H groups in total. The number of aromatic amines is 1. The number of hydrogen-bond donors (Lipinski definition) is 1. The summed E-state index contributed by atoms with van der Waals surface area (Å²) in [5.74, 6) is -1.97. The number of amides is 1. The fraction of sp³-hybridized carbons (Fsp3) is 0.308. The molecule has 1 fully saturated rings. The molecule has 106 valence electrons. The molecule has 0 bridgehead atoms. The molecule has 0 unspecified atom stereocenters. The van der Waals surface area contributed by atoms with Crippen LogP contribution in [0.1, 0.15) is 19.5 Å². The molecule has 0 spiro atoms. The number of aromatic nitrogens is 1. The highest BCUT2D eigenvalue weighted by Crippen LogP contribution is 2.35. The fourth-order valence-corrected chi connectivity index (χ4v) is 3.29. The predicted octanol–water partition coefficient (Wildman–Crippen LogP) is 0.990. The van der Waals surface area contributed by atoms with E-state index in [1.54, 1.807) is 26.1 Å². The van der Waals surface area contributed by atoms with Gasteiger partial charge in [0.05, 0.1) is 16.9 Å². The van der Waals surface area contributed by atoms with Crippen LogP contribution in [-0.2, 0) is 9.59 Å². The summed E-state index contributed by atoms with van der Waals surface area (Å²) in [6, 6.07) is 2.58. The first-order chi connectivity index (χ1) is 9.41. The molecule has 1 aliphatic rings. The summed E-state index contributed by atoms with van der Waals surface area (Å²) in [6.07, 6.45) is 3.40. The molecule has 7 heteroatoms. The Bertz CT molecular complexity index is 578. The Morgan fingerprint density at radius 1 is 1.55 bits per heavy atom. The number of H-pyrrole nitrogens is 1. The molecule has 1 aliphatic heterocycles. The molecule has 20 heavy (non-hydrogen) atoms. The van der Waals surface area contributed by atoms with Crippen LogP contribution in [-0.4, -0.2) is 32.1 Å². The zero-order valence-electron chi connectivity index (χ0n) is 11.0. The van der Waals surface area contributed by atoms with Gasteiger partial charge in [-0.15, -0.1) is 0 Å². The first-order valence-electron chi connectivity index (χ1n) is 6.03. The van der Waals surface area contributed by atoms with E-state index in [1.807, 2.05) is 12.1 Å². The molecular weight excluding hydrogens is 296 g/mol. The zero-order chi connectivity index (χ0) is 14.9. The number of carbonyl (C=O) groups excluding carboxylic acids is 2. The number of nitrogens with zero attached hydrogens (tertiary/aromatic N) is 1. The van der Waals surface area contributed by atoms with Gasteiger partial charge in [-0.05, 0) is 24.1 Å². The fourth-order valence-electron chi connectivity index (χ4n) is 1.97. The van der Waals surface area contributed by atoms with Gasteiger partial charge in [0.25, 0.3) is 5.91 Å². The number of rotatable bonds is 4. The van der Waals surface area contributed by atoms with Crippen molar-refractivity contribution < 1.29 is 14.7 Å². The van der Waals surface area contributed by atoms with Gasteiger partial charge in [0, 0.05) is 11.9 Å². The summed E-state index contributed by atoms with van der Waals surface area (Å²) in [5, 5.41) is 11.2. The van der Waals surface area contributed by atoms with Crippen molar-refractivity contribution in [3.05, 3.63) is 28.9 Å². The summed E-state index contributed by atoms with van der Waals surface area (Å²) in [6.45, 7) is 3.43. The van der Waals surface area contributed by atoms with Crippen LogP contribution in [0.4, 0.5) is 0 Å². The van der Waals surface area contributed by atoms with E-state index in [9.17, 15) is 14.7 Å². The Hall–Kier alpha value is -1.60. The Morgan fingerprint density at radius 2 is 2.25 bits per heavy atom. The minimum Gasteiger partial charge on any atom is -0.548 e. The van der Waals surface area contributed by atoms with Crippen LogP contribution in [0.15, 0.2) is 23.2 Å². The summed E-state index contributed by atoms with van der Waals surface area (Å²) in [4.78, 5) is 28.1. The number of aliphatic carboxylic acids is 1. The van der Waals surface area contributed by atoms with E-state index in [1.165, 1.54) is 0 Å². The van der Waals surface area contributed by atoms with Gasteiger partial charge in [-0.25, -0.2) is 0 Å². The Labute approximate surface area is 126 Å². The van der Waals surface area contributed by atoms with Crippen molar-refractivity contribution in [1.29, 1.82) is 0 Å². The van der Waals surface area contributed by atoms with Crippen molar-refractivity contribution in [1.82, 2.24) is 9.88 Å². The smallest absolute Gasteiger partial charge is 0.266 e. The molecule has 1 amide bonds. The molecule has 1 aromatic heterocycles. The molecule has 1 atom stereocenters. The highest BCUT2D eigenvalue weighted by atomic mass is 32.2. The van der Waals surface area contributed by atoms with Gasteiger partial charge in [0.1, 0.15) is 4.32 Å². The lowest BCUT2D eigenvalue weighted by atomic mass is 10.0. The molecule has 0 radical (unpaired) electrons. The van der Waals surface area contributed by atoms with E-state index in [0.717, 1.165) is 22.4 Å². The van der Waals surface area contributed by atoms with Gasteiger partial charge >= 0.3 is 0 Å². The third-order valence-electron chi connectivity index (χ3n) is 2.88. The van der Waals surface area contributed by atoms with E-state index in [4.69, 9.17) is 12.2 Å². The first kappa shape index (κ1) is 14.8. The Kier molecular flexibility index (Phi) is 4.29. The van der Waals surface area contributed by atoms with Gasteiger partial charge in [0.2, 0.25) is 0 Å². The number of carboxylic acids is 1. The standard InChI is InChI=1S/C13H14N2O3S2/c1-7(2)10(12(17)18)15-11(16)9(20-13(15)19)6-8-4-3-5-14-8/h3-7,10,14H,1-2H3,(H,17,18)/p-1/b9-6-/t10-/m0/s1. The van der Waals surface area contributed by atoms with Gasteiger partial charge < -0.3 is 14.9 Å². The second-order valence-electron chi connectivity index (χ2n) is 4.69. The Morgan fingerprint density at radius 3 is 2.75 bits per heavy atom. The first-order valence-corrected chi connectivity index (χ1v) is 7.25. The van der Waals surface area contributed by atoms with E-state index in [0.29, 0.717) is 4.91 Å². The lowest BCUT2D eigenvalue weighted by Gasteiger charge is -2.30.